The van der Waals surface area contributed by atoms with E-state index in [9.17, 15) is 18.5 Å². The predicted molar refractivity (Wildman–Crippen MR) is 72.7 cm³/mol. The van der Waals surface area contributed by atoms with Gasteiger partial charge < -0.3 is 10.4 Å². The first-order chi connectivity index (χ1) is 9.35. The third-order valence-electron chi connectivity index (χ3n) is 2.46. The number of nitrogens with one attached hydrogen (secondary N) is 2. The predicted octanol–water partition coefficient (Wildman–Crippen LogP) is -0.0911. The summed E-state index contributed by atoms with van der Waals surface area (Å²) < 4.78 is 25.3. The summed E-state index contributed by atoms with van der Waals surface area (Å²) in [6.07, 6.45) is 5.13. The first kappa shape index (κ1) is 15.9. The lowest BCUT2D eigenvalue weighted by molar-refractivity contribution is -0.384. The molecule has 8 nitrogen and oxygen atoms in total. The highest BCUT2D eigenvalue weighted by molar-refractivity contribution is 7.89. The summed E-state index contributed by atoms with van der Waals surface area (Å²) in [6.45, 7) is -0.412. The van der Waals surface area contributed by atoms with Crippen LogP contribution in [0.3, 0.4) is 0 Å². The monoisotopic (exact) mass is 299 g/mol. The molecule has 0 saturated carbocycles. The van der Waals surface area contributed by atoms with Crippen LogP contribution in [-0.4, -0.2) is 38.1 Å². The van der Waals surface area contributed by atoms with Crippen LogP contribution in [0, 0.1) is 22.5 Å². The molecule has 0 amide bonds. The van der Waals surface area contributed by atoms with Gasteiger partial charge in [0.15, 0.2) is 0 Å². The van der Waals surface area contributed by atoms with E-state index in [-0.39, 0.29) is 10.6 Å². The van der Waals surface area contributed by atoms with Gasteiger partial charge in [0.25, 0.3) is 5.69 Å². The molecule has 20 heavy (non-hydrogen) atoms. The Morgan fingerprint density at radius 3 is 2.65 bits per heavy atom. The lowest BCUT2D eigenvalue weighted by Crippen LogP contribution is -2.22. The second kappa shape index (κ2) is 6.33. The molecule has 0 bridgehead atoms. The largest absolute Gasteiger partial charge is 0.393 e. The second-order valence-corrected chi connectivity index (χ2v) is 5.58. The lowest BCUT2D eigenvalue weighted by atomic mass is 10.2. The smallest absolute Gasteiger partial charge is 0.293 e. The summed E-state index contributed by atoms with van der Waals surface area (Å²) in [7, 11) is -2.58. The van der Waals surface area contributed by atoms with Crippen LogP contribution in [0.15, 0.2) is 23.1 Å². The molecule has 9 heteroatoms. The van der Waals surface area contributed by atoms with Crippen molar-refractivity contribution in [2.75, 3.05) is 19.0 Å². The average molecular weight is 299 g/mol. The molecule has 0 aromatic heterocycles. The molecular weight excluding hydrogens is 286 g/mol. The van der Waals surface area contributed by atoms with E-state index in [0.29, 0.717) is 0 Å². The summed E-state index contributed by atoms with van der Waals surface area (Å²) in [5.74, 6) is 2.21. The standard InChI is InChI=1S/C11H13N3O5S/c1-3-8(7-15)13-10-5-4-9(20(18,19)12-2)6-11(10)14(16)17/h1,4-6,8,12-13,15H,7H2,2H3/t8-/m0/s1. The van der Waals surface area contributed by atoms with Crippen LogP contribution in [0.25, 0.3) is 0 Å². The van der Waals surface area contributed by atoms with Crippen LogP contribution in [0.2, 0.25) is 0 Å². The Kier molecular flexibility index (Phi) is 5.04. The normalized spacial score (nSPS) is 12.4. The number of anilines is 1. The van der Waals surface area contributed by atoms with E-state index in [2.05, 4.69) is 16.0 Å². The molecule has 0 aliphatic heterocycles. The third kappa shape index (κ3) is 3.45. The Morgan fingerprint density at radius 1 is 1.55 bits per heavy atom. The van der Waals surface area contributed by atoms with Crippen molar-refractivity contribution in [3.05, 3.63) is 28.3 Å². The van der Waals surface area contributed by atoms with Crippen molar-refractivity contribution in [1.82, 2.24) is 4.72 Å². The minimum atomic E-state index is -3.78. The van der Waals surface area contributed by atoms with Gasteiger partial charge in [-0.05, 0) is 19.2 Å². The van der Waals surface area contributed by atoms with E-state index < -0.39 is 33.3 Å². The fraction of sp³-hybridized carbons (Fsp3) is 0.273. The van der Waals surface area contributed by atoms with Gasteiger partial charge in [-0.2, -0.15) is 0 Å². The first-order valence-corrected chi connectivity index (χ1v) is 6.89. The van der Waals surface area contributed by atoms with Gasteiger partial charge in [-0.15, -0.1) is 6.42 Å². The van der Waals surface area contributed by atoms with Gasteiger partial charge in [-0.3, -0.25) is 10.1 Å². The topological polar surface area (TPSA) is 122 Å². The van der Waals surface area contributed by atoms with Gasteiger partial charge in [0, 0.05) is 6.07 Å². The van der Waals surface area contributed by atoms with Crippen LogP contribution in [0.4, 0.5) is 11.4 Å². The van der Waals surface area contributed by atoms with Gasteiger partial charge in [-0.1, -0.05) is 5.92 Å². The highest BCUT2D eigenvalue weighted by Gasteiger charge is 2.21. The number of aliphatic hydroxyl groups is 1. The van der Waals surface area contributed by atoms with E-state index in [1.807, 2.05) is 0 Å². The van der Waals surface area contributed by atoms with Crippen LogP contribution in [-0.2, 0) is 10.0 Å². The Balaban J connectivity index is 3.29. The van der Waals surface area contributed by atoms with Gasteiger partial charge >= 0.3 is 0 Å². The van der Waals surface area contributed by atoms with Crippen LogP contribution in [0.5, 0.6) is 0 Å². The van der Waals surface area contributed by atoms with Gasteiger partial charge in [0.2, 0.25) is 10.0 Å². The van der Waals surface area contributed by atoms with Crippen molar-refractivity contribution in [3.8, 4) is 12.3 Å². The number of hydrogen-bond acceptors (Lipinski definition) is 6. The highest BCUT2D eigenvalue weighted by atomic mass is 32.2. The molecule has 1 atom stereocenters. The quantitative estimate of drug-likeness (QED) is 0.383. The Morgan fingerprint density at radius 2 is 2.20 bits per heavy atom. The molecule has 0 unspecified atom stereocenters. The highest BCUT2D eigenvalue weighted by Crippen LogP contribution is 2.27. The van der Waals surface area contributed by atoms with E-state index in [1.54, 1.807) is 0 Å². The summed E-state index contributed by atoms with van der Waals surface area (Å²) in [5.41, 5.74) is -0.419. The zero-order valence-electron chi connectivity index (χ0n) is 10.5. The molecule has 3 N–H and O–H groups in total. The van der Waals surface area contributed by atoms with Crippen LogP contribution < -0.4 is 10.0 Å². The number of rotatable bonds is 6. The summed E-state index contributed by atoms with van der Waals surface area (Å²) >= 11 is 0. The number of nitro benzene ring substituents is 1. The fourth-order valence-electron chi connectivity index (χ4n) is 1.40. The maximum atomic E-state index is 11.6. The fourth-order valence-corrected chi connectivity index (χ4v) is 2.15. The van der Waals surface area contributed by atoms with Crippen LogP contribution in [0.1, 0.15) is 0 Å². The third-order valence-corrected chi connectivity index (χ3v) is 3.87. The van der Waals surface area contributed by atoms with Crippen molar-refractivity contribution < 1.29 is 18.4 Å². The molecule has 0 aliphatic carbocycles. The van der Waals surface area contributed by atoms with Gasteiger partial charge in [-0.25, -0.2) is 13.1 Å². The number of sulfonamides is 1. The molecule has 1 rings (SSSR count). The Hall–Kier alpha value is -2.15. The second-order valence-electron chi connectivity index (χ2n) is 3.69. The molecule has 0 fully saturated rings. The molecule has 0 saturated heterocycles. The molecule has 0 radical (unpaired) electrons. The number of aliphatic hydroxyl groups excluding tert-OH is 1. The van der Waals surface area contributed by atoms with Crippen molar-refractivity contribution in [1.29, 1.82) is 0 Å². The minimum Gasteiger partial charge on any atom is -0.393 e. The maximum Gasteiger partial charge on any atom is 0.293 e. The number of nitro groups is 1. The van der Waals surface area contributed by atoms with Crippen molar-refractivity contribution >= 4 is 21.4 Å². The SMILES string of the molecule is C#C[C@@H](CO)Nc1ccc(S(=O)(=O)NC)cc1[N+](=O)[O-]. The lowest BCUT2D eigenvalue weighted by Gasteiger charge is -2.12. The molecule has 108 valence electrons. The number of benzene rings is 1. The summed E-state index contributed by atoms with van der Waals surface area (Å²) in [5, 5.41) is 22.5. The van der Waals surface area contributed by atoms with Gasteiger partial charge in [0.05, 0.1) is 16.4 Å². The Bertz CT molecular complexity index is 651. The number of terminal acetylenes is 1. The Labute approximate surface area is 116 Å². The van der Waals surface area contributed by atoms with E-state index in [4.69, 9.17) is 11.5 Å². The van der Waals surface area contributed by atoms with E-state index in [1.165, 1.54) is 19.2 Å². The first-order valence-electron chi connectivity index (χ1n) is 5.41. The number of hydrogen-bond donors (Lipinski definition) is 3. The van der Waals surface area contributed by atoms with Crippen molar-refractivity contribution in [3.63, 3.8) is 0 Å². The molecule has 0 spiro atoms. The summed E-state index contributed by atoms with van der Waals surface area (Å²) in [6, 6.07) is 2.54. The molecule has 1 aromatic carbocycles. The zero-order chi connectivity index (χ0) is 15.3. The molecule has 0 aliphatic rings. The van der Waals surface area contributed by atoms with E-state index >= 15 is 0 Å². The van der Waals surface area contributed by atoms with Crippen molar-refractivity contribution in [2.45, 2.75) is 10.9 Å². The van der Waals surface area contributed by atoms with Gasteiger partial charge in [0.1, 0.15) is 11.7 Å². The van der Waals surface area contributed by atoms with E-state index in [0.717, 1.165) is 6.07 Å². The molecule has 1 aromatic rings. The maximum absolute atomic E-state index is 11.6. The van der Waals surface area contributed by atoms with Crippen molar-refractivity contribution in [2.24, 2.45) is 0 Å². The van der Waals surface area contributed by atoms with Crippen LogP contribution >= 0.6 is 0 Å². The average Bonchev–Trinajstić information content (AvgIpc) is 2.44. The number of nitrogens with zero attached hydrogens (tertiary/aromatic N) is 1. The molecular formula is C11H13N3O5S. The minimum absolute atomic E-state index is 0.0297. The zero-order valence-corrected chi connectivity index (χ0v) is 11.3. The molecule has 0 heterocycles. The summed E-state index contributed by atoms with van der Waals surface area (Å²) in [4.78, 5) is 10.0.